The predicted molar refractivity (Wildman–Crippen MR) is 123 cm³/mol. The average Bonchev–Trinajstić information content (AvgIpc) is 2.63. The van der Waals surface area contributed by atoms with Gasteiger partial charge in [-0.15, -0.1) is 0 Å². The molecule has 178 valence electrons. The Morgan fingerprint density at radius 3 is 1.17 bits per heavy atom. The summed E-state index contributed by atoms with van der Waals surface area (Å²) >= 11 is 0. The van der Waals surface area contributed by atoms with E-state index in [9.17, 15) is 14.4 Å². The Bertz CT molecular complexity index is 343. The van der Waals surface area contributed by atoms with Crippen LogP contribution in [0.4, 0.5) is 0 Å². The van der Waals surface area contributed by atoms with Gasteiger partial charge in [0.1, 0.15) is 0 Å². The van der Waals surface area contributed by atoms with Crippen molar-refractivity contribution in [3.63, 3.8) is 0 Å². The molecule has 0 radical (unpaired) electrons. The van der Waals surface area contributed by atoms with Crippen LogP contribution in [-0.2, 0) is 0 Å². The molecule has 0 spiro atoms. The van der Waals surface area contributed by atoms with Gasteiger partial charge >= 0.3 is 8.80 Å². The molecule has 0 saturated carbocycles. The van der Waals surface area contributed by atoms with Crippen LogP contribution in [-0.4, -0.2) is 54.4 Å². The monoisotopic (exact) mass is 453 g/mol. The van der Waals surface area contributed by atoms with Gasteiger partial charge in [-0.2, -0.15) is 0 Å². The molecular formula is C23H52ClNO3Si. The molecule has 0 aliphatic rings. The minimum atomic E-state index is -3.85. The van der Waals surface area contributed by atoms with Crippen molar-refractivity contribution in [2.75, 3.05) is 26.7 Å². The first-order chi connectivity index (χ1) is 13.3. The highest BCUT2D eigenvalue weighted by Gasteiger charge is 2.27. The smallest absolute Gasteiger partial charge is 0.492 e. The standard InChI is InChI=1S/C23H52NO3Si.ClH/c1-4-6-8-10-12-13-15-17-21-24(3,20-16-14-11-9-7-5-2)22-18-19-23-28(25,26)27;/h25-27H,4-23H2,1-3H3;1H/q+1;/p-1. The van der Waals surface area contributed by atoms with Crippen molar-refractivity contribution in [2.45, 2.75) is 123 Å². The van der Waals surface area contributed by atoms with Gasteiger partial charge in [0.2, 0.25) is 0 Å². The van der Waals surface area contributed by atoms with Crippen LogP contribution in [0.15, 0.2) is 0 Å². The second-order valence-corrected chi connectivity index (χ2v) is 11.3. The lowest BCUT2D eigenvalue weighted by atomic mass is 10.1. The Kier molecular flexibility index (Phi) is 22.0. The Hall–Kier alpha value is 0.347. The Labute approximate surface area is 189 Å². The summed E-state index contributed by atoms with van der Waals surface area (Å²) in [5.74, 6) is 0. The molecule has 1 atom stereocenters. The van der Waals surface area contributed by atoms with Crippen molar-refractivity contribution >= 4 is 8.80 Å². The van der Waals surface area contributed by atoms with Gasteiger partial charge in [0, 0.05) is 6.04 Å². The molecule has 0 bridgehead atoms. The highest BCUT2D eigenvalue weighted by Crippen LogP contribution is 2.16. The van der Waals surface area contributed by atoms with Gasteiger partial charge in [0.05, 0.1) is 26.7 Å². The predicted octanol–water partition coefficient (Wildman–Crippen LogP) is 2.63. The fourth-order valence-corrected chi connectivity index (χ4v) is 4.82. The third-order valence-electron chi connectivity index (χ3n) is 6.06. The zero-order chi connectivity index (χ0) is 21.1. The molecule has 0 fully saturated rings. The largest absolute Gasteiger partial charge is 1.00 e. The van der Waals surface area contributed by atoms with Crippen LogP contribution in [0.25, 0.3) is 0 Å². The third kappa shape index (κ3) is 22.8. The molecule has 6 heteroatoms. The summed E-state index contributed by atoms with van der Waals surface area (Å²) in [6.07, 6.45) is 20.6. The molecule has 0 aromatic heterocycles. The van der Waals surface area contributed by atoms with E-state index in [2.05, 4.69) is 20.9 Å². The maximum atomic E-state index is 9.21. The van der Waals surface area contributed by atoms with Gasteiger partial charge in [-0.1, -0.05) is 78.1 Å². The van der Waals surface area contributed by atoms with Crippen LogP contribution in [0, 0.1) is 0 Å². The molecule has 4 nitrogen and oxygen atoms in total. The molecular weight excluding hydrogens is 402 g/mol. The molecule has 0 saturated heterocycles. The van der Waals surface area contributed by atoms with Gasteiger partial charge < -0.3 is 31.3 Å². The normalized spacial score (nSPS) is 13.9. The van der Waals surface area contributed by atoms with Gasteiger partial charge in [-0.05, 0) is 38.5 Å². The molecule has 0 heterocycles. The number of unbranched alkanes of at least 4 members (excludes halogenated alkanes) is 13. The summed E-state index contributed by atoms with van der Waals surface area (Å²) in [7, 11) is -1.47. The maximum absolute atomic E-state index is 9.21. The molecule has 0 rings (SSSR count). The number of rotatable bonds is 21. The van der Waals surface area contributed by atoms with Gasteiger partial charge in [0.25, 0.3) is 0 Å². The number of halogens is 1. The van der Waals surface area contributed by atoms with Crippen LogP contribution < -0.4 is 12.4 Å². The van der Waals surface area contributed by atoms with E-state index in [1.54, 1.807) is 0 Å². The highest BCUT2D eigenvalue weighted by atomic mass is 35.5. The first kappa shape index (κ1) is 31.5. The summed E-state index contributed by atoms with van der Waals surface area (Å²) in [5, 5.41) is 0. The number of quaternary nitrogens is 1. The fraction of sp³-hybridized carbons (Fsp3) is 1.00. The molecule has 1 unspecified atom stereocenters. The van der Waals surface area contributed by atoms with E-state index >= 15 is 0 Å². The second kappa shape index (κ2) is 20.3. The quantitative estimate of drug-likeness (QED) is 0.142. The Balaban J connectivity index is 0. The van der Waals surface area contributed by atoms with Crippen molar-refractivity contribution in [3.8, 4) is 0 Å². The number of nitrogens with zero attached hydrogens (tertiary/aromatic N) is 1. The SMILES string of the molecule is CCCCCCCCCC[N+](C)(CCCCCCCC)CCCC[Si](O)(O)O.[Cl-]. The molecule has 29 heavy (non-hydrogen) atoms. The van der Waals surface area contributed by atoms with Crippen LogP contribution in [0.2, 0.25) is 6.04 Å². The van der Waals surface area contributed by atoms with Gasteiger partial charge in [-0.25, -0.2) is 0 Å². The fourth-order valence-electron chi connectivity index (χ4n) is 4.09. The summed E-state index contributed by atoms with van der Waals surface area (Å²) in [5.41, 5.74) is 0. The van der Waals surface area contributed by atoms with Crippen molar-refractivity contribution in [1.82, 2.24) is 0 Å². The minimum Gasteiger partial charge on any atom is -1.00 e. The zero-order valence-corrected chi connectivity index (χ0v) is 21.6. The van der Waals surface area contributed by atoms with E-state index in [1.807, 2.05) is 0 Å². The first-order valence-corrected chi connectivity index (χ1v) is 14.4. The summed E-state index contributed by atoms with van der Waals surface area (Å²) in [4.78, 5) is 27.6. The average molecular weight is 454 g/mol. The highest BCUT2D eigenvalue weighted by molar-refractivity contribution is 6.56. The number of hydrogen-bond donors (Lipinski definition) is 3. The molecule has 0 aliphatic carbocycles. The first-order valence-electron chi connectivity index (χ1n) is 12.3. The second-order valence-electron chi connectivity index (χ2n) is 9.26. The Morgan fingerprint density at radius 2 is 0.828 bits per heavy atom. The van der Waals surface area contributed by atoms with Crippen molar-refractivity contribution in [1.29, 1.82) is 0 Å². The molecule has 0 aromatic rings. The lowest BCUT2D eigenvalue weighted by Gasteiger charge is -2.35. The summed E-state index contributed by atoms with van der Waals surface area (Å²) in [6, 6.07) is 0.182. The number of hydrogen-bond acceptors (Lipinski definition) is 3. The summed E-state index contributed by atoms with van der Waals surface area (Å²) in [6.45, 7) is 8.11. The van der Waals surface area contributed by atoms with Crippen LogP contribution in [0.1, 0.15) is 117 Å². The maximum Gasteiger partial charge on any atom is 0.492 e. The zero-order valence-electron chi connectivity index (χ0n) is 19.8. The van der Waals surface area contributed by atoms with Crippen LogP contribution in [0.5, 0.6) is 0 Å². The summed E-state index contributed by atoms with van der Waals surface area (Å²) < 4.78 is 1.11. The lowest BCUT2D eigenvalue weighted by molar-refractivity contribution is -0.910. The van der Waals surface area contributed by atoms with E-state index < -0.39 is 8.80 Å². The van der Waals surface area contributed by atoms with Crippen molar-refractivity contribution < 1.29 is 31.3 Å². The minimum absolute atomic E-state index is 0. The van der Waals surface area contributed by atoms with Gasteiger partial charge in [0.15, 0.2) is 0 Å². The molecule has 3 N–H and O–H groups in total. The van der Waals surface area contributed by atoms with Crippen molar-refractivity contribution in [2.24, 2.45) is 0 Å². The van der Waals surface area contributed by atoms with E-state index in [4.69, 9.17) is 0 Å². The van der Waals surface area contributed by atoms with E-state index in [-0.39, 0.29) is 18.5 Å². The van der Waals surface area contributed by atoms with E-state index in [0.29, 0.717) is 0 Å². The van der Waals surface area contributed by atoms with Gasteiger partial charge in [-0.3, -0.25) is 0 Å². The topological polar surface area (TPSA) is 60.7 Å². The van der Waals surface area contributed by atoms with Crippen LogP contribution in [0.3, 0.4) is 0 Å². The Morgan fingerprint density at radius 1 is 0.517 bits per heavy atom. The van der Waals surface area contributed by atoms with Crippen LogP contribution >= 0.6 is 0 Å². The van der Waals surface area contributed by atoms with E-state index in [1.165, 1.54) is 103 Å². The molecule has 0 aliphatic heterocycles. The third-order valence-corrected chi connectivity index (χ3v) is 7.09. The van der Waals surface area contributed by atoms with Crippen molar-refractivity contribution in [3.05, 3.63) is 0 Å². The lowest BCUT2D eigenvalue weighted by Crippen LogP contribution is -3.00. The molecule has 0 aromatic carbocycles. The van der Waals surface area contributed by atoms with E-state index in [0.717, 1.165) is 23.9 Å². The molecule has 0 amide bonds.